The number of likely N-dealkylation sites (tertiary alicyclic amines) is 1. The van der Waals surface area contributed by atoms with Crippen LogP contribution in [0.5, 0.6) is 0 Å². The standard InChI is InChI=1S/C20H33N3O2/c1-16-11-20(2,3)15-23(13-16)19(22-12-17-7-10-24-14-17)21-8-6-18-5-4-9-25-18/h4-5,9,16-17H,6-8,10-15H2,1-3H3,(H,21,22). The Kier molecular flexibility index (Phi) is 6.05. The molecule has 3 heterocycles. The zero-order valence-corrected chi connectivity index (χ0v) is 16.0. The van der Waals surface area contributed by atoms with Crippen LogP contribution in [0.2, 0.25) is 0 Å². The third-order valence-corrected chi connectivity index (χ3v) is 5.11. The van der Waals surface area contributed by atoms with Gasteiger partial charge in [-0.2, -0.15) is 0 Å². The van der Waals surface area contributed by atoms with Crippen molar-refractivity contribution in [2.24, 2.45) is 22.2 Å². The third-order valence-electron chi connectivity index (χ3n) is 5.11. The molecule has 1 aromatic heterocycles. The van der Waals surface area contributed by atoms with E-state index in [1.54, 1.807) is 6.26 Å². The first-order valence-corrected chi connectivity index (χ1v) is 9.65. The maximum Gasteiger partial charge on any atom is 0.193 e. The fraction of sp³-hybridized carbons (Fsp3) is 0.750. The fourth-order valence-electron chi connectivity index (χ4n) is 4.15. The SMILES string of the molecule is CC1CN(C(=NCC2CCOC2)NCCc2ccco2)CC(C)(C)C1. The molecule has 0 amide bonds. The second kappa shape index (κ2) is 8.26. The van der Waals surface area contributed by atoms with E-state index in [0.29, 0.717) is 17.3 Å². The summed E-state index contributed by atoms with van der Waals surface area (Å²) in [6.07, 6.45) is 5.02. The van der Waals surface area contributed by atoms with E-state index >= 15 is 0 Å². The Morgan fingerprint density at radius 2 is 2.32 bits per heavy atom. The molecule has 140 valence electrons. The van der Waals surface area contributed by atoms with Gasteiger partial charge in [0.25, 0.3) is 0 Å². The summed E-state index contributed by atoms with van der Waals surface area (Å²) in [5.74, 6) is 3.33. The Hall–Kier alpha value is -1.49. The van der Waals surface area contributed by atoms with Crippen molar-refractivity contribution in [2.75, 3.05) is 39.4 Å². The monoisotopic (exact) mass is 347 g/mol. The molecular weight excluding hydrogens is 314 g/mol. The molecule has 2 fully saturated rings. The molecule has 3 rings (SSSR count). The molecule has 0 aliphatic carbocycles. The molecule has 2 aliphatic heterocycles. The normalized spacial score (nSPS) is 26.8. The first-order valence-electron chi connectivity index (χ1n) is 9.65. The molecule has 2 atom stereocenters. The second-order valence-corrected chi connectivity index (χ2v) is 8.50. The molecule has 25 heavy (non-hydrogen) atoms. The summed E-state index contributed by atoms with van der Waals surface area (Å²) in [5, 5.41) is 3.59. The topological polar surface area (TPSA) is 50.0 Å². The van der Waals surface area contributed by atoms with Crippen molar-refractivity contribution < 1.29 is 9.15 Å². The maximum atomic E-state index is 5.50. The number of rotatable bonds is 5. The molecule has 2 unspecified atom stereocenters. The van der Waals surface area contributed by atoms with E-state index < -0.39 is 0 Å². The van der Waals surface area contributed by atoms with Gasteiger partial charge >= 0.3 is 0 Å². The summed E-state index contributed by atoms with van der Waals surface area (Å²) in [4.78, 5) is 7.42. The third kappa shape index (κ3) is 5.50. The van der Waals surface area contributed by atoms with Gasteiger partial charge in [-0.15, -0.1) is 0 Å². The van der Waals surface area contributed by atoms with E-state index in [9.17, 15) is 0 Å². The molecule has 0 saturated carbocycles. The van der Waals surface area contributed by atoms with Crippen LogP contribution in [-0.2, 0) is 11.2 Å². The van der Waals surface area contributed by atoms with Gasteiger partial charge in [-0.25, -0.2) is 0 Å². The second-order valence-electron chi connectivity index (χ2n) is 8.50. The van der Waals surface area contributed by atoms with Gasteiger partial charge in [0.2, 0.25) is 0 Å². The number of furan rings is 1. The minimum Gasteiger partial charge on any atom is -0.469 e. The van der Waals surface area contributed by atoms with Crippen LogP contribution in [0.15, 0.2) is 27.8 Å². The molecule has 2 aliphatic rings. The van der Waals surface area contributed by atoms with Crippen LogP contribution in [-0.4, -0.2) is 50.3 Å². The summed E-state index contributed by atoms with van der Waals surface area (Å²) in [6.45, 7) is 12.6. The van der Waals surface area contributed by atoms with Crippen LogP contribution >= 0.6 is 0 Å². The van der Waals surface area contributed by atoms with Crippen molar-refractivity contribution in [3.8, 4) is 0 Å². The molecule has 2 saturated heterocycles. The van der Waals surface area contributed by atoms with Crippen LogP contribution < -0.4 is 5.32 Å². The highest BCUT2D eigenvalue weighted by Gasteiger charge is 2.32. The van der Waals surface area contributed by atoms with Crippen molar-refractivity contribution in [3.05, 3.63) is 24.2 Å². The lowest BCUT2D eigenvalue weighted by atomic mass is 9.79. The molecule has 0 bridgehead atoms. The molecule has 0 spiro atoms. The first-order chi connectivity index (χ1) is 12.0. The lowest BCUT2D eigenvalue weighted by Gasteiger charge is -2.43. The first kappa shape index (κ1) is 18.3. The largest absolute Gasteiger partial charge is 0.469 e. The predicted molar refractivity (Wildman–Crippen MR) is 101 cm³/mol. The summed E-state index contributed by atoms with van der Waals surface area (Å²) in [5.41, 5.74) is 0.331. The van der Waals surface area contributed by atoms with Gasteiger partial charge < -0.3 is 19.4 Å². The summed E-state index contributed by atoms with van der Waals surface area (Å²) in [7, 11) is 0. The summed E-state index contributed by atoms with van der Waals surface area (Å²) < 4.78 is 10.9. The van der Waals surface area contributed by atoms with Crippen molar-refractivity contribution >= 4 is 5.96 Å². The van der Waals surface area contributed by atoms with Crippen LogP contribution in [0.4, 0.5) is 0 Å². The van der Waals surface area contributed by atoms with Crippen LogP contribution in [0.25, 0.3) is 0 Å². The van der Waals surface area contributed by atoms with Gasteiger partial charge in [-0.3, -0.25) is 4.99 Å². The van der Waals surface area contributed by atoms with Crippen LogP contribution in [0.3, 0.4) is 0 Å². The predicted octanol–water partition coefficient (Wildman–Crippen LogP) is 3.17. The van der Waals surface area contributed by atoms with Gasteiger partial charge in [0, 0.05) is 45.1 Å². The van der Waals surface area contributed by atoms with Gasteiger partial charge in [0.1, 0.15) is 5.76 Å². The molecule has 1 N–H and O–H groups in total. The van der Waals surface area contributed by atoms with E-state index in [1.165, 1.54) is 6.42 Å². The smallest absolute Gasteiger partial charge is 0.193 e. The van der Waals surface area contributed by atoms with Crippen molar-refractivity contribution in [1.29, 1.82) is 0 Å². The van der Waals surface area contributed by atoms with E-state index in [4.69, 9.17) is 14.1 Å². The quantitative estimate of drug-likeness (QED) is 0.656. The van der Waals surface area contributed by atoms with Crippen molar-refractivity contribution in [1.82, 2.24) is 10.2 Å². The van der Waals surface area contributed by atoms with Crippen LogP contribution in [0, 0.1) is 17.3 Å². The van der Waals surface area contributed by atoms with Gasteiger partial charge in [-0.1, -0.05) is 20.8 Å². The number of hydrogen-bond acceptors (Lipinski definition) is 3. The van der Waals surface area contributed by atoms with Crippen molar-refractivity contribution in [2.45, 2.75) is 40.0 Å². The number of nitrogens with one attached hydrogen (secondary N) is 1. The Balaban J connectivity index is 1.63. The van der Waals surface area contributed by atoms with Gasteiger partial charge in [0.05, 0.1) is 12.9 Å². The Morgan fingerprint density at radius 1 is 1.44 bits per heavy atom. The summed E-state index contributed by atoms with van der Waals surface area (Å²) in [6, 6.07) is 3.97. The number of ether oxygens (including phenoxy) is 1. The Labute approximate surface area is 151 Å². The Bertz CT molecular complexity index is 547. The van der Waals surface area contributed by atoms with E-state index in [0.717, 1.165) is 64.0 Å². The zero-order valence-electron chi connectivity index (χ0n) is 16.0. The highest BCUT2D eigenvalue weighted by atomic mass is 16.5. The van der Waals surface area contributed by atoms with E-state index in [2.05, 4.69) is 31.0 Å². The minimum atomic E-state index is 0.331. The van der Waals surface area contributed by atoms with E-state index in [-0.39, 0.29) is 0 Å². The van der Waals surface area contributed by atoms with E-state index in [1.807, 2.05) is 12.1 Å². The lowest BCUT2D eigenvalue weighted by molar-refractivity contribution is 0.129. The molecular formula is C20H33N3O2. The van der Waals surface area contributed by atoms with Gasteiger partial charge in [0.15, 0.2) is 5.96 Å². The zero-order chi connectivity index (χ0) is 17.7. The number of aliphatic imine (C=N–C) groups is 1. The highest BCUT2D eigenvalue weighted by molar-refractivity contribution is 5.80. The number of nitrogens with zero attached hydrogens (tertiary/aromatic N) is 2. The lowest BCUT2D eigenvalue weighted by Crippen LogP contribution is -2.51. The molecule has 0 radical (unpaired) electrons. The summed E-state index contributed by atoms with van der Waals surface area (Å²) >= 11 is 0. The average molecular weight is 348 g/mol. The average Bonchev–Trinajstić information content (AvgIpc) is 3.22. The highest BCUT2D eigenvalue weighted by Crippen LogP contribution is 2.32. The van der Waals surface area contributed by atoms with Crippen LogP contribution in [0.1, 0.15) is 39.4 Å². The van der Waals surface area contributed by atoms with Gasteiger partial charge in [-0.05, 0) is 36.3 Å². The minimum absolute atomic E-state index is 0.331. The molecule has 0 aromatic carbocycles. The maximum absolute atomic E-state index is 5.50. The molecule has 1 aromatic rings. The molecule has 5 nitrogen and oxygen atoms in total. The molecule has 5 heteroatoms. The number of hydrogen-bond donors (Lipinski definition) is 1. The number of guanidine groups is 1. The van der Waals surface area contributed by atoms with Crippen molar-refractivity contribution in [3.63, 3.8) is 0 Å². The number of piperidine rings is 1. The Morgan fingerprint density at radius 3 is 3.00 bits per heavy atom. The fourth-order valence-corrected chi connectivity index (χ4v) is 4.15.